The maximum absolute atomic E-state index is 11.1. The SMILES string of the molecule is N#Cc1cccc(C=O)c1.O=C1C=CC=C2CN=CN=C12. The summed E-state index contributed by atoms with van der Waals surface area (Å²) in [6, 6.07) is 8.49. The van der Waals surface area contributed by atoms with Crippen LogP contribution < -0.4 is 0 Å². The second-order valence-electron chi connectivity index (χ2n) is 4.20. The Hall–Kier alpha value is -3.13. The number of fused-ring (bicyclic) bond motifs is 1. The first-order valence-corrected chi connectivity index (χ1v) is 6.18. The van der Waals surface area contributed by atoms with E-state index >= 15 is 0 Å². The first-order valence-electron chi connectivity index (χ1n) is 6.18. The summed E-state index contributed by atoms with van der Waals surface area (Å²) in [6.45, 7) is 0.578. The standard InChI is InChI=1S/C8H6N2O.C8H5NO/c11-7-3-1-2-6-4-9-5-10-8(6)7;9-5-7-2-1-3-8(4-7)6-10/h1-3,5H,4H2;1-4,6H. The maximum Gasteiger partial charge on any atom is 0.204 e. The molecule has 0 aromatic heterocycles. The molecule has 0 bridgehead atoms. The first kappa shape index (κ1) is 14.3. The number of allylic oxidation sites excluding steroid dienone is 3. The van der Waals surface area contributed by atoms with Gasteiger partial charge in [0.2, 0.25) is 5.78 Å². The lowest BCUT2D eigenvalue weighted by Crippen LogP contribution is -2.21. The number of nitriles is 1. The molecule has 2 aliphatic rings. The highest BCUT2D eigenvalue weighted by Gasteiger charge is 2.17. The molecule has 0 saturated carbocycles. The van der Waals surface area contributed by atoms with Crippen LogP contribution in [0.4, 0.5) is 0 Å². The quantitative estimate of drug-likeness (QED) is 0.580. The fourth-order valence-corrected chi connectivity index (χ4v) is 1.76. The summed E-state index contributed by atoms with van der Waals surface area (Å²) in [4.78, 5) is 29.1. The summed E-state index contributed by atoms with van der Waals surface area (Å²) in [6.07, 6.45) is 7.28. The second kappa shape index (κ2) is 6.87. The Morgan fingerprint density at radius 1 is 1.33 bits per heavy atom. The summed E-state index contributed by atoms with van der Waals surface area (Å²) in [7, 11) is 0. The van der Waals surface area contributed by atoms with Crippen LogP contribution in [0.25, 0.3) is 0 Å². The number of benzene rings is 1. The van der Waals surface area contributed by atoms with Crippen molar-refractivity contribution in [1.29, 1.82) is 5.26 Å². The minimum Gasteiger partial charge on any atom is -0.298 e. The van der Waals surface area contributed by atoms with Gasteiger partial charge in [-0.2, -0.15) is 5.26 Å². The van der Waals surface area contributed by atoms with Crippen molar-refractivity contribution in [2.75, 3.05) is 6.54 Å². The summed E-state index contributed by atoms with van der Waals surface area (Å²) in [5.74, 6) is -0.0198. The Bertz CT molecular complexity index is 734. The highest BCUT2D eigenvalue weighted by atomic mass is 16.1. The smallest absolute Gasteiger partial charge is 0.204 e. The lowest BCUT2D eigenvalue weighted by Gasteiger charge is -2.10. The van der Waals surface area contributed by atoms with E-state index in [1.165, 1.54) is 12.4 Å². The van der Waals surface area contributed by atoms with Crippen molar-refractivity contribution in [2.45, 2.75) is 0 Å². The molecule has 5 heteroatoms. The van der Waals surface area contributed by atoms with E-state index in [4.69, 9.17) is 5.26 Å². The lowest BCUT2D eigenvalue weighted by molar-refractivity contribution is -0.108. The highest BCUT2D eigenvalue weighted by Crippen LogP contribution is 2.09. The predicted octanol–water partition coefficient (Wildman–Crippen LogP) is 1.91. The van der Waals surface area contributed by atoms with Gasteiger partial charge in [-0.3, -0.25) is 14.6 Å². The van der Waals surface area contributed by atoms with Crippen molar-refractivity contribution in [3.05, 3.63) is 59.2 Å². The van der Waals surface area contributed by atoms with Gasteiger partial charge in [-0.15, -0.1) is 0 Å². The van der Waals surface area contributed by atoms with Gasteiger partial charge in [0.1, 0.15) is 18.3 Å². The molecule has 0 spiro atoms. The van der Waals surface area contributed by atoms with Crippen LogP contribution in [0.15, 0.2) is 58.1 Å². The molecule has 0 unspecified atom stereocenters. The van der Waals surface area contributed by atoms with E-state index in [9.17, 15) is 9.59 Å². The third-order valence-corrected chi connectivity index (χ3v) is 2.76. The Balaban J connectivity index is 0.000000155. The topological polar surface area (TPSA) is 82.6 Å². The van der Waals surface area contributed by atoms with Crippen LogP contribution in [0.3, 0.4) is 0 Å². The average molecular weight is 277 g/mol. The molecule has 0 saturated heterocycles. The summed E-state index contributed by atoms with van der Waals surface area (Å²) < 4.78 is 0. The first-order chi connectivity index (χ1) is 10.2. The van der Waals surface area contributed by atoms with E-state index in [2.05, 4.69) is 9.98 Å². The number of rotatable bonds is 1. The fourth-order valence-electron chi connectivity index (χ4n) is 1.76. The van der Waals surface area contributed by atoms with E-state index in [1.54, 1.807) is 30.3 Å². The minimum atomic E-state index is -0.0198. The van der Waals surface area contributed by atoms with Crippen LogP contribution in [0.2, 0.25) is 0 Å². The molecule has 1 aromatic rings. The molecular formula is C16H11N3O2. The van der Waals surface area contributed by atoms with Gasteiger partial charge in [-0.1, -0.05) is 24.3 Å². The van der Waals surface area contributed by atoms with E-state index in [0.29, 0.717) is 23.4 Å². The number of hydrogen-bond donors (Lipinski definition) is 0. The van der Waals surface area contributed by atoms with Gasteiger partial charge < -0.3 is 0 Å². The highest BCUT2D eigenvalue weighted by molar-refractivity contribution is 6.51. The Morgan fingerprint density at radius 2 is 2.19 bits per heavy atom. The van der Waals surface area contributed by atoms with E-state index in [0.717, 1.165) is 11.9 Å². The molecule has 0 atom stereocenters. The number of carbonyl (C=O) groups is 2. The third-order valence-electron chi connectivity index (χ3n) is 2.76. The Labute approximate surface area is 121 Å². The predicted molar refractivity (Wildman–Crippen MR) is 79.6 cm³/mol. The van der Waals surface area contributed by atoms with Gasteiger partial charge in [-0.05, 0) is 18.2 Å². The van der Waals surface area contributed by atoms with Crippen molar-refractivity contribution < 1.29 is 9.59 Å². The van der Waals surface area contributed by atoms with Gasteiger partial charge >= 0.3 is 0 Å². The van der Waals surface area contributed by atoms with E-state index < -0.39 is 0 Å². The molecule has 1 aromatic carbocycles. The van der Waals surface area contributed by atoms with Gasteiger partial charge in [-0.25, -0.2) is 4.99 Å². The number of carbonyl (C=O) groups excluding carboxylic acids is 2. The number of aldehydes is 1. The van der Waals surface area contributed by atoms with Crippen LogP contribution in [0.5, 0.6) is 0 Å². The van der Waals surface area contributed by atoms with Crippen LogP contribution in [0.1, 0.15) is 15.9 Å². The molecule has 3 rings (SSSR count). The number of aliphatic imine (C=N–C) groups is 2. The molecule has 0 N–H and O–H groups in total. The maximum atomic E-state index is 11.1. The summed E-state index contributed by atoms with van der Waals surface area (Å²) in [5, 5.41) is 8.39. The minimum absolute atomic E-state index is 0.0198. The molecule has 0 fully saturated rings. The zero-order chi connectivity index (χ0) is 15.1. The monoisotopic (exact) mass is 277 g/mol. The van der Waals surface area contributed by atoms with E-state index in [-0.39, 0.29) is 5.78 Å². The fraction of sp³-hybridized carbons (Fsp3) is 0.0625. The van der Waals surface area contributed by atoms with Crippen molar-refractivity contribution in [2.24, 2.45) is 9.98 Å². The normalized spacial score (nSPS) is 14.9. The zero-order valence-corrected chi connectivity index (χ0v) is 11.1. The molecule has 21 heavy (non-hydrogen) atoms. The molecule has 1 heterocycles. The van der Waals surface area contributed by atoms with Crippen LogP contribution in [-0.4, -0.2) is 30.7 Å². The molecule has 102 valence electrons. The zero-order valence-electron chi connectivity index (χ0n) is 11.1. The number of hydrogen-bond acceptors (Lipinski definition) is 5. The summed E-state index contributed by atoms with van der Waals surface area (Å²) in [5.41, 5.74) is 2.52. The lowest BCUT2D eigenvalue weighted by atomic mass is 10.0. The van der Waals surface area contributed by atoms with E-state index in [1.807, 2.05) is 12.1 Å². The molecule has 5 nitrogen and oxygen atoms in total. The van der Waals surface area contributed by atoms with Gasteiger partial charge in [0.05, 0.1) is 18.2 Å². The van der Waals surface area contributed by atoms with Gasteiger partial charge in [0, 0.05) is 11.1 Å². The average Bonchev–Trinajstić information content (AvgIpc) is 2.56. The van der Waals surface area contributed by atoms with Crippen LogP contribution in [-0.2, 0) is 4.79 Å². The van der Waals surface area contributed by atoms with Gasteiger partial charge in [0.25, 0.3) is 0 Å². The molecular weight excluding hydrogens is 266 g/mol. The number of ketones is 1. The molecule has 1 aliphatic carbocycles. The van der Waals surface area contributed by atoms with Crippen molar-refractivity contribution in [3.63, 3.8) is 0 Å². The van der Waals surface area contributed by atoms with Crippen molar-refractivity contribution in [1.82, 2.24) is 0 Å². The largest absolute Gasteiger partial charge is 0.298 e. The summed E-state index contributed by atoms with van der Waals surface area (Å²) >= 11 is 0. The molecule has 0 amide bonds. The second-order valence-corrected chi connectivity index (χ2v) is 4.20. The van der Waals surface area contributed by atoms with Gasteiger partial charge in [0.15, 0.2) is 0 Å². The Morgan fingerprint density at radius 3 is 2.90 bits per heavy atom. The third kappa shape index (κ3) is 3.67. The van der Waals surface area contributed by atoms with Crippen LogP contribution >= 0.6 is 0 Å². The Kier molecular flexibility index (Phi) is 4.67. The molecule has 0 radical (unpaired) electrons. The molecule has 1 aliphatic heterocycles. The van der Waals surface area contributed by atoms with Crippen molar-refractivity contribution >= 4 is 24.1 Å². The number of nitrogens with zero attached hydrogens (tertiary/aromatic N) is 3. The van der Waals surface area contributed by atoms with Crippen molar-refractivity contribution in [3.8, 4) is 6.07 Å². The van der Waals surface area contributed by atoms with Crippen LogP contribution in [0, 0.1) is 11.3 Å².